The molecule has 0 atom stereocenters. The normalized spacial score (nSPS) is 10.2. The molecule has 0 aliphatic heterocycles. The molecule has 0 bridgehead atoms. The fourth-order valence-corrected chi connectivity index (χ4v) is 2.19. The third kappa shape index (κ3) is 3.78. The molecule has 0 aliphatic carbocycles. The fraction of sp³-hybridized carbons (Fsp3) is 0.250. The number of anilines is 1. The molecule has 2 aromatic rings. The number of methoxy groups -OCH3 is 1. The van der Waals surface area contributed by atoms with E-state index in [0.717, 1.165) is 0 Å². The van der Waals surface area contributed by atoms with Crippen LogP contribution in [0.5, 0.6) is 0 Å². The van der Waals surface area contributed by atoms with Gasteiger partial charge in [-0.2, -0.15) is 0 Å². The van der Waals surface area contributed by atoms with E-state index in [1.807, 2.05) is 0 Å². The standard InChI is InChI=1S/C12H13N5O3S/c1-17-12(14-15-16-17)21-7-10(18)13-9-6-4-3-5-8(9)11(19)20-2/h3-6H,7H2,1-2H3,(H,13,18). The molecular weight excluding hydrogens is 294 g/mol. The van der Waals surface area contributed by atoms with Crippen molar-refractivity contribution in [1.29, 1.82) is 0 Å². The summed E-state index contributed by atoms with van der Waals surface area (Å²) in [7, 11) is 2.98. The number of para-hydroxylation sites is 1. The maximum atomic E-state index is 11.9. The first-order valence-electron chi connectivity index (χ1n) is 5.94. The number of amides is 1. The van der Waals surface area contributed by atoms with Crippen LogP contribution >= 0.6 is 11.8 Å². The number of carbonyl (C=O) groups excluding carboxylic acids is 2. The summed E-state index contributed by atoms with van der Waals surface area (Å²) in [5.74, 6) is -0.639. The highest BCUT2D eigenvalue weighted by Crippen LogP contribution is 2.17. The molecule has 0 aliphatic rings. The van der Waals surface area contributed by atoms with Crippen LogP contribution in [0.25, 0.3) is 0 Å². The van der Waals surface area contributed by atoms with Gasteiger partial charge in [-0.25, -0.2) is 9.48 Å². The van der Waals surface area contributed by atoms with Gasteiger partial charge in [0, 0.05) is 7.05 Å². The molecule has 1 aromatic carbocycles. The molecule has 0 unspecified atom stereocenters. The Kier molecular flexibility index (Phi) is 4.88. The van der Waals surface area contributed by atoms with Crippen LogP contribution < -0.4 is 5.32 Å². The van der Waals surface area contributed by atoms with Gasteiger partial charge in [0.2, 0.25) is 11.1 Å². The number of hydrogen-bond donors (Lipinski definition) is 1. The van der Waals surface area contributed by atoms with Crippen molar-refractivity contribution in [3.05, 3.63) is 29.8 Å². The number of tetrazole rings is 1. The summed E-state index contributed by atoms with van der Waals surface area (Å²) in [6, 6.07) is 6.64. The third-order valence-corrected chi connectivity index (χ3v) is 3.53. The van der Waals surface area contributed by atoms with Gasteiger partial charge < -0.3 is 10.1 Å². The van der Waals surface area contributed by atoms with Gasteiger partial charge >= 0.3 is 5.97 Å². The minimum absolute atomic E-state index is 0.129. The van der Waals surface area contributed by atoms with E-state index >= 15 is 0 Å². The molecule has 1 amide bonds. The molecule has 2 rings (SSSR count). The van der Waals surface area contributed by atoms with E-state index < -0.39 is 5.97 Å². The Bertz CT molecular complexity index is 658. The van der Waals surface area contributed by atoms with E-state index in [0.29, 0.717) is 16.4 Å². The Morgan fingerprint density at radius 1 is 1.38 bits per heavy atom. The van der Waals surface area contributed by atoms with Gasteiger partial charge in [0.1, 0.15) is 0 Å². The van der Waals surface area contributed by atoms with Crippen LogP contribution in [0.1, 0.15) is 10.4 Å². The highest BCUT2D eigenvalue weighted by molar-refractivity contribution is 7.99. The Labute approximate surface area is 124 Å². The number of benzene rings is 1. The molecule has 1 aromatic heterocycles. The molecule has 0 spiro atoms. The van der Waals surface area contributed by atoms with Crippen molar-refractivity contribution in [2.24, 2.45) is 7.05 Å². The molecule has 8 nitrogen and oxygen atoms in total. The van der Waals surface area contributed by atoms with Crippen LogP contribution in [-0.2, 0) is 16.6 Å². The monoisotopic (exact) mass is 307 g/mol. The van der Waals surface area contributed by atoms with E-state index in [1.54, 1.807) is 31.3 Å². The Balaban J connectivity index is 2.00. The number of carbonyl (C=O) groups is 2. The predicted molar refractivity (Wildman–Crippen MR) is 75.9 cm³/mol. The second-order valence-corrected chi connectivity index (χ2v) is 4.90. The first-order chi connectivity index (χ1) is 10.1. The van der Waals surface area contributed by atoms with E-state index in [9.17, 15) is 9.59 Å². The van der Waals surface area contributed by atoms with Crippen LogP contribution in [0.4, 0.5) is 5.69 Å². The van der Waals surface area contributed by atoms with Gasteiger partial charge in [-0.3, -0.25) is 4.79 Å². The Morgan fingerprint density at radius 2 is 2.14 bits per heavy atom. The molecule has 0 radical (unpaired) electrons. The van der Waals surface area contributed by atoms with Gasteiger partial charge in [-0.15, -0.1) is 5.10 Å². The van der Waals surface area contributed by atoms with E-state index in [2.05, 4.69) is 25.6 Å². The largest absolute Gasteiger partial charge is 0.465 e. The molecule has 1 heterocycles. The summed E-state index contributed by atoms with van der Waals surface area (Å²) >= 11 is 1.20. The van der Waals surface area contributed by atoms with Crippen LogP contribution in [0.3, 0.4) is 0 Å². The number of thioether (sulfide) groups is 1. The lowest BCUT2D eigenvalue weighted by Crippen LogP contribution is -2.17. The quantitative estimate of drug-likeness (QED) is 0.642. The molecule has 0 saturated carbocycles. The number of rotatable bonds is 5. The van der Waals surface area contributed by atoms with Crippen LogP contribution in [0.15, 0.2) is 29.4 Å². The number of nitrogens with zero attached hydrogens (tertiary/aromatic N) is 4. The van der Waals surface area contributed by atoms with Gasteiger partial charge in [-0.1, -0.05) is 23.9 Å². The van der Waals surface area contributed by atoms with E-state index in [-0.39, 0.29) is 11.7 Å². The van der Waals surface area contributed by atoms with Gasteiger partial charge in [0.25, 0.3) is 0 Å². The summed E-state index contributed by atoms with van der Waals surface area (Å²) in [5, 5.41) is 14.1. The average Bonchev–Trinajstić information content (AvgIpc) is 2.90. The summed E-state index contributed by atoms with van der Waals surface area (Å²) < 4.78 is 6.14. The maximum absolute atomic E-state index is 11.9. The maximum Gasteiger partial charge on any atom is 0.339 e. The second-order valence-electron chi connectivity index (χ2n) is 3.96. The zero-order valence-corrected chi connectivity index (χ0v) is 12.3. The zero-order chi connectivity index (χ0) is 15.2. The first-order valence-corrected chi connectivity index (χ1v) is 6.92. The van der Waals surface area contributed by atoms with E-state index in [4.69, 9.17) is 0 Å². The average molecular weight is 307 g/mol. The minimum atomic E-state index is -0.504. The highest BCUT2D eigenvalue weighted by atomic mass is 32.2. The molecule has 0 fully saturated rings. The topological polar surface area (TPSA) is 99.0 Å². The summed E-state index contributed by atoms with van der Waals surface area (Å²) in [5.41, 5.74) is 0.713. The first kappa shape index (κ1) is 15.0. The number of aromatic nitrogens is 4. The van der Waals surface area contributed by atoms with Crippen molar-refractivity contribution in [3.8, 4) is 0 Å². The smallest absolute Gasteiger partial charge is 0.339 e. The zero-order valence-electron chi connectivity index (χ0n) is 11.4. The SMILES string of the molecule is COC(=O)c1ccccc1NC(=O)CSc1nnnn1C. The number of aryl methyl sites for hydroxylation is 1. The number of hydrogen-bond acceptors (Lipinski definition) is 7. The minimum Gasteiger partial charge on any atom is -0.465 e. The molecule has 0 saturated heterocycles. The Morgan fingerprint density at radius 3 is 2.81 bits per heavy atom. The third-order valence-electron chi connectivity index (χ3n) is 2.52. The Hall–Kier alpha value is -2.42. The van der Waals surface area contributed by atoms with Crippen LogP contribution in [-0.4, -0.2) is 44.9 Å². The molecule has 1 N–H and O–H groups in total. The molecule has 9 heteroatoms. The number of ether oxygens (including phenoxy) is 1. The lowest BCUT2D eigenvalue weighted by atomic mass is 10.2. The predicted octanol–water partition coefficient (Wildman–Crippen LogP) is 0.727. The number of esters is 1. The van der Waals surface area contributed by atoms with Crippen molar-refractivity contribution >= 4 is 29.3 Å². The van der Waals surface area contributed by atoms with Gasteiger partial charge in [0.15, 0.2) is 0 Å². The lowest BCUT2D eigenvalue weighted by Gasteiger charge is -2.09. The van der Waals surface area contributed by atoms with Gasteiger partial charge in [0.05, 0.1) is 24.1 Å². The fourth-order valence-electron chi connectivity index (χ4n) is 1.54. The summed E-state index contributed by atoms with van der Waals surface area (Å²) in [6.07, 6.45) is 0. The second kappa shape index (κ2) is 6.84. The van der Waals surface area contributed by atoms with Crippen molar-refractivity contribution in [2.45, 2.75) is 5.16 Å². The van der Waals surface area contributed by atoms with Crippen LogP contribution in [0, 0.1) is 0 Å². The van der Waals surface area contributed by atoms with Gasteiger partial charge in [-0.05, 0) is 22.6 Å². The molecule has 21 heavy (non-hydrogen) atoms. The lowest BCUT2D eigenvalue weighted by molar-refractivity contribution is -0.113. The summed E-state index contributed by atoms with van der Waals surface area (Å²) in [6.45, 7) is 0. The number of nitrogens with one attached hydrogen (secondary N) is 1. The summed E-state index contributed by atoms with van der Waals surface area (Å²) in [4.78, 5) is 23.5. The van der Waals surface area contributed by atoms with Crippen LogP contribution in [0.2, 0.25) is 0 Å². The highest BCUT2D eigenvalue weighted by Gasteiger charge is 2.14. The molecular formula is C12H13N5O3S. The van der Waals surface area contributed by atoms with Crippen molar-refractivity contribution in [3.63, 3.8) is 0 Å². The van der Waals surface area contributed by atoms with Crippen molar-refractivity contribution in [2.75, 3.05) is 18.2 Å². The molecule has 110 valence electrons. The van der Waals surface area contributed by atoms with Crippen molar-refractivity contribution < 1.29 is 14.3 Å². The van der Waals surface area contributed by atoms with Crippen molar-refractivity contribution in [1.82, 2.24) is 20.2 Å². The van der Waals surface area contributed by atoms with E-state index in [1.165, 1.54) is 23.6 Å².